The van der Waals surface area contributed by atoms with Crippen LogP contribution in [0.3, 0.4) is 0 Å². The molecule has 86 valence electrons. The second kappa shape index (κ2) is 5.11. The highest BCUT2D eigenvalue weighted by Gasteiger charge is 2.26. The summed E-state index contributed by atoms with van der Waals surface area (Å²) < 4.78 is 0. The van der Waals surface area contributed by atoms with Gasteiger partial charge in [-0.3, -0.25) is 9.59 Å². The molecular weight excluding hydrogens is 196 g/mol. The monoisotopic (exact) mass is 214 g/mol. The fraction of sp³-hybridized carbons (Fsp3) is 0.800. The lowest BCUT2D eigenvalue weighted by Gasteiger charge is -2.24. The number of aliphatic carboxylic acids is 1. The van der Waals surface area contributed by atoms with Gasteiger partial charge in [-0.1, -0.05) is 0 Å². The number of likely N-dealkylation sites (N-methyl/N-ethyl adjacent to an activating group) is 2. The van der Waals surface area contributed by atoms with Crippen molar-refractivity contribution in [2.24, 2.45) is 0 Å². The van der Waals surface area contributed by atoms with Gasteiger partial charge < -0.3 is 14.9 Å². The Hall–Kier alpha value is -1.10. The number of nitrogens with zero attached hydrogens (tertiary/aromatic N) is 2. The van der Waals surface area contributed by atoms with E-state index in [4.69, 9.17) is 5.11 Å². The summed E-state index contributed by atoms with van der Waals surface area (Å²) >= 11 is 0. The molecule has 0 aliphatic carbocycles. The molecule has 1 heterocycles. The third kappa shape index (κ3) is 3.51. The van der Waals surface area contributed by atoms with Crippen LogP contribution in [0.4, 0.5) is 0 Å². The van der Waals surface area contributed by atoms with Crippen molar-refractivity contribution < 1.29 is 14.7 Å². The van der Waals surface area contributed by atoms with Crippen LogP contribution < -0.4 is 0 Å². The standard InChI is InChI=1S/C10H18N2O3/c1-11-6-5-8(7-11)12(2)9(13)3-4-10(14)15/h8H,3-7H2,1-2H3,(H,14,15). The lowest BCUT2D eigenvalue weighted by atomic mass is 10.2. The number of carbonyl (C=O) groups is 2. The normalized spacial score (nSPS) is 21.6. The van der Waals surface area contributed by atoms with Gasteiger partial charge in [0.15, 0.2) is 0 Å². The summed E-state index contributed by atoms with van der Waals surface area (Å²) in [5.74, 6) is -0.988. The summed E-state index contributed by atoms with van der Waals surface area (Å²) in [7, 11) is 3.78. The Bertz CT molecular complexity index is 255. The van der Waals surface area contributed by atoms with Gasteiger partial charge in [0, 0.05) is 26.1 Å². The minimum absolute atomic E-state index is 0.0716. The van der Waals surface area contributed by atoms with E-state index in [0.717, 1.165) is 19.5 Å². The Labute approximate surface area is 89.7 Å². The maximum absolute atomic E-state index is 11.6. The van der Waals surface area contributed by atoms with E-state index in [9.17, 15) is 9.59 Å². The predicted octanol–water partition coefficient (Wildman–Crippen LogP) is 0.0137. The first-order valence-electron chi connectivity index (χ1n) is 5.16. The van der Waals surface area contributed by atoms with Crippen LogP contribution in [-0.2, 0) is 9.59 Å². The quantitative estimate of drug-likeness (QED) is 0.716. The second-order valence-electron chi connectivity index (χ2n) is 4.10. The molecule has 0 aromatic carbocycles. The van der Waals surface area contributed by atoms with Gasteiger partial charge in [-0.2, -0.15) is 0 Å². The molecule has 15 heavy (non-hydrogen) atoms. The Morgan fingerprint density at radius 1 is 1.47 bits per heavy atom. The molecule has 0 spiro atoms. The van der Waals surface area contributed by atoms with Gasteiger partial charge in [0.25, 0.3) is 0 Å². The largest absolute Gasteiger partial charge is 0.481 e. The van der Waals surface area contributed by atoms with E-state index in [1.807, 2.05) is 7.05 Å². The van der Waals surface area contributed by atoms with Crippen LogP contribution in [0.1, 0.15) is 19.3 Å². The molecule has 0 bridgehead atoms. The van der Waals surface area contributed by atoms with Crippen molar-refractivity contribution in [3.05, 3.63) is 0 Å². The van der Waals surface area contributed by atoms with E-state index in [-0.39, 0.29) is 24.8 Å². The molecule has 1 unspecified atom stereocenters. The summed E-state index contributed by atoms with van der Waals surface area (Å²) in [6, 6.07) is 0.247. The smallest absolute Gasteiger partial charge is 0.303 e. The van der Waals surface area contributed by atoms with Crippen molar-refractivity contribution in [3.63, 3.8) is 0 Å². The van der Waals surface area contributed by atoms with Gasteiger partial charge in [-0.05, 0) is 20.0 Å². The fourth-order valence-corrected chi connectivity index (χ4v) is 1.82. The molecule has 1 N–H and O–H groups in total. The minimum atomic E-state index is -0.916. The summed E-state index contributed by atoms with van der Waals surface area (Å²) in [6.45, 7) is 1.89. The summed E-state index contributed by atoms with van der Waals surface area (Å²) in [4.78, 5) is 25.8. The van der Waals surface area contributed by atoms with E-state index in [1.54, 1.807) is 11.9 Å². The van der Waals surface area contributed by atoms with E-state index in [2.05, 4.69) is 4.90 Å². The number of rotatable bonds is 4. The first-order valence-corrected chi connectivity index (χ1v) is 5.16. The second-order valence-corrected chi connectivity index (χ2v) is 4.10. The highest BCUT2D eigenvalue weighted by molar-refractivity contribution is 5.80. The molecule has 0 aromatic rings. The van der Waals surface area contributed by atoms with Crippen LogP contribution in [0.2, 0.25) is 0 Å². The van der Waals surface area contributed by atoms with Crippen molar-refractivity contribution >= 4 is 11.9 Å². The van der Waals surface area contributed by atoms with Gasteiger partial charge in [0.05, 0.1) is 6.42 Å². The number of carboxylic acid groups (broad SMARTS) is 1. The van der Waals surface area contributed by atoms with E-state index >= 15 is 0 Å². The highest BCUT2D eigenvalue weighted by Crippen LogP contribution is 2.13. The Morgan fingerprint density at radius 3 is 2.60 bits per heavy atom. The number of hydrogen-bond donors (Lipinski definition) is 1. The summed E-state index contributed by atoms with van der Waals surface area (Å²) in [6.07, 6.45) is 1.00. The number of amides is 1. The first kappa shape index (κ1) is 12.0. The predicted molar refractivity (Wildman–Crippen MR) is 55.5 cm³/mol. The zero-order valence-corrected chi connectivity index (χ0v) is 9.27. The zero-order valence-electron chi connectivity index (χ0n) is 9.27. The Balaban J connectivity index is 2.35. The third-order valence-corrected chi connectivity index (χ3v) is 2.86. The molecule has 0 radical (unpaired) electrons. The number of carbonyl (C=O) groups excluding carboxylic acids is 1. The van der Waals surface area contributed by atoms with E-state index in [1.165, 1.54) is 0 Å². The fourth-order valence-electron chi connectivity index (χ4n) is 1.82. The molecule has 1 aliphatic heterocycles. The molecule has 1 atom stereocenters. The van der Waals surface area contributed by atoms with Gasteiger partial charge in [0.1, 0.15) is 0 Å². The molecule has 1 amide bonds. The van der Waals surface area contributed by atoms with Crippen LogP contribution in [0.5, 0.6) is 0 Å². The minimum Gasteiger partial charge on any atom is -0.481 e. The molecule has 1 fully saturated rings. The van der Waals surface area contributed by atoms with Gasteiger partial charge >= 0.3 is 5.97 Å². The van der Waals surface area contributed by atoms with Crippen LogP contribution in [0.25, 0.3) is 0 Å². The van der Waals surface area contributed by atoms with E-state index in [0.29, 0.717) is 0 Å². The zero-order chi connectivity index (χ0) is 11.4. The lowest BCUT2D eigenvalue weighted by molar-refractivity contribution is -0.141. The molecule has 0 aromatic heterocycles. The van der Waals surface area contributed by atoms with Gasteiger partial charge in [0.2, 0.25) is 5.91 Å². The first-order chi connectivity index (χ1) is 7.00. The lowest BCUT2D eigenvalue weighted by Crippen LogP contribution is -2.38. The maximum Gasteiger partial charge on any atom is 0.303 e. The van der Waals surface area contributed by atoms with Crippen LogP contribution in [0.15, 0.2) is 0 Å². The van der Waals surface area contributed by atoms with Crippen molar-refractivity contribution in [3.8, 4) is 0 Å². The molecule has 1 saturated heterocycles. The SMILES string of the molecule is CN1CCC(N(C)C(=O)CCC(=O)O)C1. The highest BCUT2D eigenvalue weighted by atomic mass is 16.4. The molecule has 1 rings (SSSR count). The van der Waals surface area contributed by atoms with Crippen LogP contribution >= 0.6 is 0 Å². The molecule has 1 aliphatic rings. The third-order valence-electron chi connectivity index (χ3n) is 2.86. The summed E-state index contributed by atoms with van der Waals surface area (Å²) in [5.41, 5.74) is 0. The van der Waals surface area contributed by atoms with Crippen molar-refractivity contribution in [2.75, 3.05) is 27.2 Å². The number of hydrogen-bond acceptors (Lipinski definition) is 3. The summed E-state index contributed by atoms with van der Waals surface area (Å²) in [5, 5.41) is 8.47. The molecule has 0 saturated carbocycles. The molecular formula is C10H18N2O3. The average Bonchev–Trinajstić information content (AvgIpc) is 2.60. The van der Waals surface area contributed by atoms with Gasteiger partial charge in [-0.15, -0.1) is 0 Å². The molecule has 5 nitrogen and oxygen atoms in total. The van der Waals surface area contributed by atoms with Crippen molar-refractivity contribution in [2.45, 2.75) is 25.3 Å². The Kier molecular flexibility index (Phi) is 4.08. The van der Waals surface area contributed by atoms with E-state index < -0.39 is 5.97 Å². The topological polar surface area (TPSA) is 60.9 Å². The van der Waals surface area contributed by atoms with Crippen LogP contribution in [-0.4, -0.2) is 60.0 Å². The number of carboxylic acids is 1. The van der Waals surface area contributed by atoms with Crippen LogP contribution in [0, 0.1) is 0 Å². The maximum atomic E-state index is 11.6. The average molecular weight is 214 g/mol. The van der Waals surface area contributed by atoms with Crippen molar-refractivity contribution in [1.82, 2.24) is 9.80 Å². The Morgan fingerprint density at radius 2 is 2.13 bits per heavy atom. The van der Waals surface area contributed by atoms with Crippen molar-refractivity contribution in [1.29, 1.82) is 0 Å². The van der Waals surface area contributed by atoms with Gasteiger partial charge in [-0.25, -0.2) is 0 Å². The number of likely N-dealkylation sites (tertiary alicyclic amines) is 1. The molecule has 5 heteroatoms.